The number of pyridine rings is 1. The molecular weight excluding hydrogens is 334 g/mol. The maximum absolute atomic E-state index is 12.8. The molecule has 1 fully saturated rings. The number of aromatic nitrogens is 1. The highest BCUT2D eigenvalue weighted by Crippen LogP contribution is 2.34. The predicted octanol–water partition coefficient (Wildman–Crippen LogP) is 1.56. The first kappa shape index (κ1) is 18.5. The summed E-state index contributed by atoms with van der Waals surface area (Å²) >= 11 is 0. The average Bonchev–Trinajstić information content (AvgIpc) is 2.65. The third kappa shape index (κ3) is 3.48. The third-order valence-corrected chi connectivity index (χ3v) is 5.71. The number of likely N-dealkylation sites (tertiary alicyclic amines) is 1. The third-order valence-electron chi connectivity index (χ3n) is 5.71. The van der Waals surface area contributed by atoms with E-state index < -0.39 is 12.0 Å². The molecule has 0 aromatic carbocycles. The van der Waals surface area contributed by atoms with Crippen LogP contribution in [-0.2, 0) is 16.1 Å². The van der Waals surface area contributed by atoms with Crippen LogP contribution in [0.4, 0.5) is 4.79 Å². The molecule has 142 valence electrons. The average molecular weight is 361 g/mol. The Hall–Kier alpha value is -2.31. The molecule has 1 aromatic rings. The number of hydrogen-bond acceptors (Lipinski definition) is 4. The minimum absolute atomic E-state index is 0.00464. The summed E-state index contributed by atoms with van der Waals surface area (Å²) in [6.07, 6.45) is 1.75. The number of rotatable bonds is 4. The largest absolute Gasteiger partial charge is 0.467 e. The summed E-state index contributed by atoms with van der Waals surface area (Å²) in [6.45, 7) is 5.70. The van der Waals surface area contributed by atoms with E-state index in [0.717, 1.165) is 18.5 Å². The lowest BCUT2D eigenvalue weighted by atomic mass is 9.83. The van der Waals surface area contributed by atoms with Crippen molar-refractivity contribution in [1.82, 2.24) is 14.8 Å². The fourth-order valence-electron chi connectivity index (χ4n) is 4.08. The van der Waals surface area contributed by atoms with Gasteiger partial charge in [-0.3, -0.25) is 4.79 Å². The van der Waals surface area contributed by atoms with Crippen LogP contribution in [0.1, 0.15) is 38.3 Å². The summed E-state index contributed by atoms with van der Waals surface area (Å²) in [4.78, 5) is 38.7. The highest BCUT2D eigenvalue weighted by atomic mass is 16.5. The molecule has 0 aliphatic carbocycles. The maximum Gasteiger partial charge on any atom is 0.328 e. The number of piperidine rings is 1. The van der Waals surface area contributed by atoms with Gasteiger partial charge in [0.05, 0.1) is 7.11 Å². The van der Waals surface area contributed by atoms with E-state index in [9.17, 15) is 14.4 Å². The number of hydrogen-bond donors (Lipinski definition) is 1. The Balaban J connectivity index is 1.74. The van der Waals surface area contributed by atoms with E-state index in [1.54, 1.807) is 17.0 Å². The van der Waals surface area contributed by atoms with Crippen molar-refractivity contribution in [1.29, 1.82) is 0 Å². The summed E-state index contributed by atoms with van der Waals surface area (Å²) in [5.41, 5.74) is 1.02. The Bertz CT molecular complexity index is 745. The topological polar surface area (TPSA) is 80.6 Å². The van der Waals surface area contributed by atoms with Gasteiger partial charge in [0.1, 0.15) is 6.04 Å². The van der Waals surface area contributed by atoms with Crippen molar-refractivity contribution in [2.45, 2.75) is 45.2 Å². The fraction of sp³-hybridized carbons (Fsp3) is 0.632. The van der Waals surface area contributed by atoms with E-state index in [1.807, 2.05) is 24.5 Å². The lowest BCUT2D eigenvalue weighted by Gasteiger charge is -2.43. The molecule has 1 saturated heterocycles. The number of ether oxygens (including phenoxy) is 1. The zero-order valence-corrected chi connectivity index (χ0v) is 15.6. The Morgan fingerprint density at radius 2 is 2.08 bits per heavy atom. The smallest absolute Gasteiger partial charge is 0.328 e. The van der Waals surface area contributed by atoms with Gasteiger partial charge in [-0.15, -0.1) is 0 Å². The summed E-state index contributed by atoms with van der Waals surface area (Å²) in [5.74, 6) is -0.00797. The number of fused-ring (bicyclic) bond motifs is 4. The molecule has 3 rings (SSSR count). The highest BCUT2D eigenvalue weighted by molar-refractivity contribution is 5.84. The zero-order chi connectivity index (χ0) is 18.8. The number of methoxy groups -OCH3 is 1. The first-order valence-corrected chi connectivity index (χ1v) is 9.27. The predicted molar refractivity (Wildman–Crippen MR) is 96.9 cm³/mol. The highest BCUT2D eigenvalue weighted by Gasteiger charge is 2.37. The molecule has 0 spiro atoms. The number of carbonyl (C=O) groups excluding carboxylic acids is 2. The fourth-order valence-corrected chi connectivity index (χ4v) is 4.08. The molecule has 4 unspecified atom stereocenters. The normalized spacial score (nSPS) is 23.6. The zero-order valence-electron chi connectivity index (χ0n) is 15.6. The van der Waals surface area contributed by atoms with Gasteiger partial charge in [0.2, 0.25) is 0 Å². The Kier molecular flexibility index (Phi) is 5.34. The quantitative estimate of drug-likeness (QED) is 0.826. The van der Waals surface area contributed by atoms with Crippen LogP contribution in [0.2, 0.25) is 0 Å². The number of amides is 2. The second-order valence-electron chi connectivity index (χ2n) is 7.44. The van der Waals surface area contributed by atoms with Gasteiger partial charge in [0, 0.05) is 37.3 Å². The molecule has 1 aromatic heterocycles. The monoisotopic (exact) mass is 361 g/mol. The standard InChI is InChI=1S/C19H27N3O4/c1-4-12(2)17(18(24)26-3)20-19(25)21-9-13-8-14(11-21)15-6-5-7-16(23)22(15)10-13/h5-7,12-14,17H,4,8-11H2,1-3H3,(H,20,25). The second-order valence-corrected chi connectivity index (χ2v) is 7.44. The minimum Gasteiger partial charge on any atom is -0.467 e. The van der Waals surface area contributed by atoms with Crippen molar-refractivity contribution in [2.24, 2.45) is 11.8 Å². The number of esters is 1. The van der Waals surface area contributed by atoms with Gasteiger partial charge in [0.15, 0.2) is 0 Å². The number of urea groups is 1. The Morgan fingerprint density at radius 3 is 2.77 bits per heavy atom. The van der Waals surface area contributed by atoms with E-state index in [-0.39, 0.29) is 29.3 Å². The van der Waals surface area contributed by atoms with Crippen LogP contribution in [0.25, 0.3) is 0 Å². The molecule has 2 bridgehead atoms. The van der Waals surface area contributed by atoms with Crippen LogP contribution in [0.15, 0.2) is 23.0 Å². The molecule has 4 atom stereocenters. The number of nitrogens with one attached hydrogen (secondary N) is 1. The van der Waals surface area contributed by atoms with Gasteiger partial charge in [-0.1, -0.05) is 26.3 Å². The van der Waals surface area contributed by atoms with Gasteiger partial charge in [-0.2, -0.15) is 0 Å². The van der Waals surface area contributed by atoms with Crippen molar-refractivity contribution in [2.75, 3.05) is 20.2 Å². The van der Waals surface area contributed by atoms with E-state index in [4.69, 9.17) is 4.74 Å². The molecule has 1 N–H and O–H groups in total. The minimum atomic E-state index is -0.644. The lowest BCUT2D eigenvalue weighted by molar-refractivity contribution is -0.144. The van der Waals surface area contributed by atoms with Crippen molar-refractivity contribution < 1.29 is 14.3 Å². The van der Waals surface area contributed by atoms with Gasteiger partial charge in [-0.05, 0) is 24.3 Å². The summed E-state index contributed by atoms with van der Waals surface area (Å²) in [6, 6.07) is 4.46. The van der Waals surface area contributed by atoms with Crippen LogP contribution in [-0.4, -0.2) is 47.7 Å². The molecular formula is C19H27N3O4. The van der Waals surface area contributed by atoms with E-state index >= 15 is 0 Å². The molecule has 0 radical (unpaired) electrons. The van der Waals surface area contributed by atoms with E-state index in [1.165, 1.54) is 7.11 Å². The molecule has 2 aliphatic rings. The summed E-state index contributed by atoms with van der Waals surface area (Å²) in [7, 11) is 1.34. The number of nitrogens with zero attached hydrogens (tertiary/aromatic N) is 2. The SMILES string of the molecule is CCC(C)C(NC(=O)N1CC2CC(C1)c1cccc(=O)n1C2)C(=O)OC. The van der Waals surface area contributed by atoms with Crippen LogP contribution < -0.4 is 10.9 Å². The van der Waals surface area contributed by atoms with Crippen LogP contribution in [0.3, 0.4) is 0 Å². The van der Waals surface area contributed by atoms with Crippen LogP contribution in [0, 0.1) is 11.8 Å². The Morgan fingerprint density at radius 1 is 1.31 bits per heavy atom. The lowest BCUT2D eigenvalue weighted by Crippen LogP contribution is -2.55. The second kappa shape index (κ2) is 7.51. The first-order valence-electron chi connectivity index (χ1n) is 9.27. The molecule has 2 aliphatic heterocycles. The molecule has 7 nitrogen and oxygen atoms in total. The maximum atomic E-state index is 12.8. The molecule has 0 saturated carbocycles. The Labute approximate surface area is 153 Å². The first-order chi connectivity index (χ1) is 12.4. The van der Waals surface area contributed by atoms with Crippen molar-refractivity contribution in [3.63, 3.8) is 0 Å². The van der Waals surface area contributed by atoms with Crippen LogP contribution in [0.5, 0.6) is 0 Å². The molecule has 2 amide bonds. The van der Waals surface area contributed by atoms with E-state index in [2.05, 4.69) is 5.32 Å². The van der Waals surface area contributed by atoms with Crippen molar-refractivity contribution >= 4 is 12.0 Å². The van der Waals surface area contributed by atoms with Crippen molar-refractivity contribution in [3.8, 4) is 0 Å². The van der Waals surface area contributed by atoms with Gasteiger partial charge >= 0.3 is 12.0 Å². The number of carbonyl (C=O) groups is 2. The van der Waals surface area contributed by atoms with Gasteiger partial charge in [0.25, 0.3) is 5.56 Å². The van der Waals surface area contributed by atoms with Gasteiger partial charge < -0.3 is 19.5 Å². The summed E-state index contributed by atoms with van der Waals surface area (Å²) < 4.78 is 6.69. The molecule has 26 heavy (non-hydrogen) atoms. The van der Waals surface area contributed by atoms with Gasteiger partial charge in [-0.25, -0.2) is 9.59 Å². The molecule has 3 heterocycles. The van der Waals surface area contributed by atoms with Crippen molar-refractivity contribution in [3.05, 3.63) is 34.2 Å². The summed E-state index contributed by atoms with van der Waals surface area (Å²) in [5, 5.41) is 2.86. The van der Waals surface area contributed by atoms with Crippen LogP contribution >= 0.6 is 0 Å². The molecule has 7 heteroatoms. The van der Waals surface area contributed by atoms with E-state index in [0.29, 0.717) is 19.6 Å².